The SMILES string of the molecule is CC(C)(C)OC(=O)N1CCC(N=CC(C=O)=CN)CC1. The fourth-order valence-electron chi connectivity index (χ4n) is 1.83. The number of aliphatic imine (C=N–C) groups is 1. The van der Waals surface area contributed by atoms with Gasteiger partial charge in [-0.3, -0.25) is 9.79 Å². The number of aldehydes is 1. The maximum atomic E-state index is 11.9. The third-order valence-electron chi connectivity index (χ3n) is 2.88. The summed E-state index contributed by atoms with van der Waals surface area (Å²) in [6.45, 7) is 6.77. The van der Waals surface area contributed by atoms with Gasteiger partial charge in [0.15, 0.2) is 6.29 Å². The van der Waals surface area contributed by atoms with Crippen LogP contribution in [0.3, 0.4) is 0 Å². The quantitative estimate of drug-likeness (QED) is 0.482. The molecule has 0 spiro atoms. The van der Waals surface area contributed by atoms with E-state index in [4.69, 9.17) is 10.5 Å². The average molecular weight is 281 g/mol. The first-order valence-electron chi connectivity index (χ1n) is 6.74. The first kappa shape index (κ1) is 16.2. The number of allylic oxidation sites excluding steroid dienone is 1. The van der Waals surface area contributed by atoms with Gasteiger partial charge in [0.1, 0.15) is 5.60 Å². The number of nitrogens with two attached hydrogens (primary N) is 1. The van der Waals surface area contributed by atoms with Gasteiger partial charge >= 0.3 is 6.09 Å². The number of hydrogen-bond donors (Lipinski definition) is 1. The highest BCUT2D eigenvalue weighted by atomic mass is 16.6. The summed E-state index contributed by atoms with van der Waals surface area (Å²) in [5, 5.41) is 0. The first-order valence-corrected chi connectivity index (χ1v) is 6.74. The molecular weight excluding hydrogens is 258 g/mol. The standard InChI is InChI=1S/C14H23N3O3/c1-14(2,3)20-13(19)17-6-4-12(5-7-17)16-9-11(8-15)10-18/h8-10,12H,4-7,15H2,1-3H3. The Morgan fingerprint density at radius 2 is 1.95 bits per heavy atom. The maximum Gasteiger partial charge on any atom is 0.410 e. The van der Waals surface area contributed by atoms with Crippen molar-refractivity contribution in [2.45, 2.75) is 45.3 Å². The van der Waals surface area contributed by atoms with Crippen molar-refractivity contribution in [1.82, 2.24) is 4.90 Å². The van der Waals surface area contributed by atoms with Gasteiger partial charge < -0.3 is 15.4 Å². The fraction of sp³-hybridized carbons (Fsp3) is 0.643. The van der Waals surface area contributed by atoms with E-state index in [0.29, 0.717) is 24.9 Å². The molecule has 1 saturated heterocycles. The highest BCUT2D eigenvalue weighted by Gasteiger charge is 2.26. The molecule has 0 atom stereocenters. The predicted octanol–water partition coefficient (Wildman–Crippen LogP) is 1.50. The van der Waals surface area contributed by atoms with Crippen LogP contribution in [0.25, 0.3) is 0 Å². The van der Waals surface area contributed by atoms with Crippen LogP contribution in [0.15, 0.2) is 16.8 Å². The van der Waals surface area contributed by atoms with Crippen molar-refractivity contribution < 1.29 is 14.3 Å². The molecule has 0 saturated carbocycles. The summed E-state index contributed by atoms with van der Waals surface area (Å²) in [5.74, 6) is 0. The molecule has 0 aromatic carbocycles. The summed E-state index contributed by atoms with van der Waals surface area (Å²) in [7, 11) is 0. The maximum absolute atomic E-state index is 11.9. The van der Waals surface area contributed by atoms with Crippen LogP contribution in [0, 0.1) is 0 Å². The van der Waals surface area contributed by atoms with Crippen LogP contribution >= 0.6 is 0 Å². The van der Waals surface area contributed by atoms with Gasteiger partial charge in [0, 0.05) is 31.1 Å². The molecule has 112 valence electrons. The van der Waals surface area contributed by atoms with Crippen molar-refractivity contribution in [2.75, 3.05) is 13.1 Å². The van der Waals surface area contributed by atoms with Gasteiger partial charge in [0.05, 0.1) is 6.04 Å². The number of hydrogen-bond acceptors (Lipinski definition) is 5. The zero-order chi connectivity index (χ0) is 15.2. The molecule has 0 bridgehead atoms. The Bertz CT molecular complexity index is 402. The van der Waals surface area contributed by atoms with Gasteiger partial charge in [0.25, 0.3) is 0 Å². The summed E-state index contributed by atoms with van der Waals surface area (Å²) < 4.78 is 5.32. The van der Waals surface area contributed by atoms with Crippen LogP contribution < -0.4 is 5.73 Å². The van der Waals surface area contributed by atoms with E-state index in [1.807, 2.05) is 20.8 Å². The van der Waals surface area contributed by atoms with E-state index >= 15 is 0 Å². The molecule has 1 aliphatic rings. The molecule has 0 aliphatic carbocycles. The Labute approximate surface area is 119 Å². The highest BCUT2D eigenvalue weighted by Crippen LogP contribution is 2.17. The Balaban J connectivity index is 2.44. The minimum Gasteiger partial charge on any atom is -0.444 e. The molecule has 1 amide bonds. The van der Waals surface area contributed by atoms with Crippen molar-refractivity contribution in [3.05, 3.63) is 11.8 Å². The number of likely N-dealkylation sites (tertiary alicyclic amines) is 1. The lowest BCUT2D eigenvalue weighted by Gasteiger charge is -2.32. The van der Waals surface area contributed by atoms with Crippen molar-refractivity contribution in [1.29, 1.82) is 0 Å². The van der Waals surface area contributed by atoms with Crippen LogP contribution in [-0.2, 0) is 9.53 Å². The second-order valence-corrected chi connectivity index (χ2v) is 5.76. The van der Waals surface area contributed by atoms with E-state index in [1.54, 1.807) is 4.90 Å². The summed E-state index contributed by atoms with van der Waals surface area (Å²) in [6, 6.07) is 0.114. The molecule has 1 fully saturated rings. The molecule has 20 heavy (non-hydrogen) atoms. The molecule has 0 aromatic heterocycles. The van der Waals surface area contributed by atoms with E-state index in [1.165, 1.54) is 12.4 Å². The van der Waals surface area contributed by atoms with Crippen LogP contribution in [0.4, 0.5) is 4.79 Å². The lowest BCUT2D eigenvalue weighted by molar-refractivity contribution is -0.104. The number of amides is 1. The predicted molar refractivity (Wildman–Crippen MR) is 77.7 cm³/mol. The summed E-state index contributed by atoms with van der Waals surface area (Å²) in [6.07, 6.45) is 4.61. The van der Waals surface area contributed by atoms with Gasteiger partial charge in [-0.05, 0) is 33.6 Å². The number of ether oxygens (including phenoxy) is 1. The topological polar surface area (TPSA) is 85.0 Å². The van der Waals surface area contributed by atoms with Gasteiger partial charge in [-0.25, -0.2) is 4.79 Å². The van der Waals surface area contributed by atoms with Crippen LogP contribution in [0.2, 0.25) is 0 Å². The average Bonchev–Trinajstić information content (AvgIpc) is 2.38. The van der Waals surface area contributed by atoms with Crippen LogP contribution in [0.5, 0.6) is 0 Å². The second-order valence-electron chi connectivity index (χ2n) is 5.76. The summed E-state index contributed by atoms with van der Waals surface area (Å²) in [5.41, 5.74) is 5.15. The molecule has 0 unspecified atom stereocenters. The third-order valence-corrected chi connectivity index (χ3v) is 2.88. The van der Waals surface area contributed by atoms with Crippen LogP contribution in [0.1, 0.15) is 33.6 Å². The molecule has 6 heteroatoms. The molecular formula is C14H23N3O3. The Hall–Kier alpha value is -1.85. The molecule has 0 aromatic rings. The van der Waals surface area contributed by atoms with E-state index in [2.05, 4.69) is 4.99 Å². The molecule has 0 radical (unpaired) electrons. The highest BCUT2D eigenvalue weighted by molar-refractivity contribution is 6.01. The van der Waals surface area contributed by atoms with Crippen molar-refractivity contribution >= 4 is 18.6 Å². The zero-order valence-electron chi connectivity index (χ0n) is 12.3. The Morgan fingerprint density at radius 3 is 2.40 bits per heavy atom. The number of carbonyl (C=O) groups is 2. The van der Waals surface area contributed by atoms with Crippen LogP contribution in [-0.4, -0.2) is 48.2 Å². The van der Waals surface area contributed by atoms with E-state index in [0.717, 1.165) is 12.8 Å². The molecule has 1 aliphatic heterocycles. The Morgan fingerprint density at radius 1 is 1.35 bits per heavy atom. The summed E-state index contributed by atoms with van der Waals surface area (Å²) >= 11 is 0. The van der Waals surface area contributed by atoms with Crippen molar-refractivity contribution in [3.63, 3.8) is 0 Å². The molecule has 1 rings (SSSR count). The van der Waals surface area contributed by atoms with Gasteiger partial charge in [0.2, 0.25) is 0 Å². The number of nitrogens with zero attached hydrogens (tertiary/aromatic N) is 2. The zero-order valence-corrected chi connectivity index (χ0v) is 12.3. The van der Waals surface area contributed by atoms with Gasteiger partial charge in [-0.2, -0.15) is 0 Å². The van der Waals surface area contributed by atoms with Crippen molar-refractivity contribution in [3.8, 4) is 0 Å². The lowest BCUT2D eigenvalue weighted by Crippen LogP contribution is -2.42. The Kier molecular flexibility index (Phi) is 5.73. The minimum atomic E-state index is -0.475. The lowest BCUT2D eigenvalue weighted by atomic mass is 10.1. The fourth-order valence-corrected chi connectivity index (χ4v) is 1.83. The minimum absolute atomic E-state index is 0.114. The largest absolute Gasteiger partial charge is 0.444 e. The normalized spacial score (nSPS) is 18.4. The molecule has 2 N–H and O–H groups in total. The second kappa shape index (κ2) is 7.07. The summed E-state index contributed by atoms with van der Waals surface area (Å²) in [4.78, 5) is 28.4. The number of rotatable bonds is 3. The van der Waals surface area contributed by atoms with Crippen molar-refractivity contribution in [2.24, 2.45) is 10.7 Å². The molecule has 6 nitrogen and oxygen atoms in total. The van der Waals surface area contributed by atoms with E-state index in [9.17, 15) is 9.59 Å². The molecule has 1 heterocycles. The first-order chi connectivity index (χ1) is 9.35. The van der Waals surface area contributed by atoms with Gasteiger partial charge in [-0.15, -0.1) is 0 Å². The van der Waals surface area contributed by atoms with E-state index < -0.39 is 5.60 Å². The number of piperidine rings is 1. The van der Waals surface area contributed by atoms with Gasteiger partial charge in [-0.1, -0.05) is 0 Å². The smallest absolute Gasteiger partial charge is 0.410 e. The number of carbonyl (C=O) groups excluding carboxylic acids is 2. The van der Waals surface area contributed by atoms with E-state index in [-0.39, 0.29) is 12.1 Å². The third kappa shape index (κ3) is 5.42. The monoisotopic (exact) mass is 281 g/mol.